The second kappa shape index (κ2) is 9.21. The molecule has 3 N–H and O–H groups in total. The normalized spacial score (nSPS) is 15.3. The first-order valence-electron chi connectivity index (χ1n) is 8.67. The first-order valence-corrected chi connectivity index (χ1v) is 10.6. The zero-order chi connectivity index (χ0) is 22.9. The van der Waals surface area contributed by atoms with Gasteiger partial charge in [0, 0.05) is 15.1 Å². The number of primary amides is 1. The van der Waals surface area contributed by atoms with E-state index in [1.165, 1.54) is 6.08 Å². The molecule has 0 atom stereocenters. The quantitative estimate of drug-likeness (QED) is 0.419. The van der Waals surface area contributed by atoms with E-state index in [9.17, 15) is 19.2 Å². The zero-order valence-corrected chi connectivity index (χ0v) is 19.8. The summed E-state index contributed by atoms with van der Waals surface area (Å²) >= 11 is 12.8. The minimum absolute atomic E-state index is 0.192. The molecule has 0 spiro atoms. The lowest BCUT2D eigenvalue weighted by molar-refractivity contribution is -0.123. The molecule has 0 radical (unpaired) electrons. The summed E-state index contributed by atoms with van der Waals surface area (Å²) in [6, 6.07) is 7.11. The van der Waals surface area contributed by atoms with Crippen LogP contribution < -0.4 is 20.7 Å². The minimum Gasteiger partial charge on any atom is -0.482 e. The zero-order valence-electron chi connectivity index (χ0n) is 15.9. The van der Waals surface area contributed by atoms with Crippen molar-refractivity contribution < 1.29 is 23.9 Å². The summed E-state index contributed by atoms with van der Waals surface area (Å²) in [5.74, 6) is -2.22. The Balaban J connectivity index is 2.11. The van der Waals surface area contributed by atoms with Crippen LogP contribution in [0.25, 0.3) is 6.08 Å². The van der Waals surface area contributed by atoms with Crippen molar-refractivity contribution in [1.29, 1.82) is 0 Å². The summed E-state index contributed by atoms with van der Waals surface area (Å²) in [6.07, 6.45) is 1.27. The van der Waals surface area contributed by atoms with Crippen LogP contribution in [0.5, 0.6) is 5.75 Å². The summed E-state index contributed by atoms with van der Waals surface area (Å²) in [5.41, 5.74) is 5.88. The number of carbonyl (C=O) groups is 4. The smallest absolute Gasteiger partial charge is 0.335 e. The van der Waals surface area contributed by atoms with E-state index >= 15 is 0 Å². The van der Waals surface area contributed by atoms with Gasteiger partial charge in [0.2, 0.25) is 0 Å². The van der Waals surface area contributed by atoms with Crippen LogP contribution in [0.15, 0.2) is 44.9 Å². The molecule has 1 saturated heterocycles. The van der Waals surface area contributed by atoms with Crippen LogP contribution >= 0.6 is 43.5 Å². The number of nitrogens with zero attached hydrogens (tertiary/aromatic N) is 1. The van der Waals surface area contributed by atoms with Gasteiger partial charge in [-0.3, -0.25) is 19.7 Å². The van der Waals surface area contributed by atoms with E-state index in [-0.39, 0.29) is 17.0 Å². The number of nitrogens with two attached hydrogens (primary N) is 1. The van der Waals surface area contributed by atoms with Crippen molar-refractivity contribution in [1.82, 2.24) is 5.32 Å². The van der Waals surface area contributed by atoms with Crippen molar-refractivity contribution in [2.45, 2.75) is 6.92 Å². The Morgan fingerprint density at radius 2 is 1.97 bits per heavy atom. The van der Waals surface area contributed by atoms with E-state index < -0.39 is 30.4 Å². The molecule has 0 bridgehead atoms. The highest BCUT2D eigenvalue weighted by Crippen LogP contribution is 2.35. The molecular formula is C20H14Br2ClN3O5. The first-order chi connectivity index (χ1) is 14.6. The van der Waals surface area contributed by atoms with Crippen molar-refractivity contribution in [2.24, 2.45) is 5.73 Å². The van der Waals surface area contributed by atoms with Crippen LogP contribution in [0.1, 0.15) is 11.1 Å². The monoisotopic (exact) mass is 569 g/mol. The molecule has 0 aliphatic carbocycles. The van der Waals surface area contributed by atoms with Crippen molar-refractivity contribution >= 4 is 79.0 Å². The lowest BCUT2D eigenvalue weighted by Crippen LogP contribution is -2.54. The van der Waals surface area contributed by atoms with Gasteiger partial charge >= 0.3 is 6.03 Å². The van der Waals surface area contributed by atoms with Crippen molar-refractivity contribution in [3.05, 3.63) is 61.0 Å². The molecule has 5 amide bonds. The molecule has 31 heavy (non-hydrogen) atoms. The van der Waals surface area contributed by atoms with E-state index in [0.29, 0.717) is 25.1 Å². The fourth-order valence-corrected chi connectivity index (χ4v) is 4.40. The van der Waals surface area contributed by atoms with Crippen LogP contribution in [0, 0.1) is 6.92 Å². The summed E-state index contributed by atoms with van der Waals surface area (Å²) in [7, 11) is 0. The number of amides is 5. The Bertz CT molecular complexity index is 1170. The Morgan fingerprint density at radius 1 is 1.26 bits per heavy atom. The number of ether oxygens (including phenoxy) is 1. The molecule has 3 rings (SSSR count). The number of carbonyl (C=O) groups excluding carboxylic acids is 4. The molecule has 11 heteroatoms. The molecular weight excluding hydrogens is 557 g/mol. The number of imide groups is 2. The Morgan fingerprint density at radius 3 is 2.65 bits per heavy atom. The third-order valence-electron chi connectivity index (χ3n) is 4.28. The minimum atomic E-state index is -0.891. The predicted octanol–water partition coefficient (Wildman–Crippen LogP) is 3.70. The molecule has 8 nitrogen and oxygen atoms in total. The van der Waals surface area contributed by atoms with Gasteiger partial charge in [0.25, 0.3) is 17.7 Å². The van der Waals surface area contributed by atoms with Gasteiger partial charge < -0.3 is 10.5 Å². The summed E-state index contributed by atoms with van der Waals surface area (Å²) < 4.78 is 6.50. The number of urea groups is 1. The Kier molecular flexibility index (Phi) is 6.83. The topological polar surface area (TPSA) is 119 Å². The maximum Gasteiger partial charge on any atom is 0.335 e. The van der Waals surface area contributed by atoms with Crippen molar-refractivity contribution in [3.8, 4) is 5.75 Å². The third kappa shape index (κ3) is 4.81. The molecule has 2 aromatic rings. The van der Waals surface area contributed by atoms with Crippen LogP contribution in [0.2, 0.25) is 5.02 Å². The summed E-state index contributed by atoms with van der Waals surface area (Å²) in [4.78, 5) is 50.1. The lowest BCUT2D eigenvalue weighted by Gasteiger charge is -2.28. The number of hydrogen-bond acceptors (Lipinski definition) is 5. The highest BCUT2D eigenvalue weighted by Gasteiger charge is 2.38. The molecule has 160 valence electrons. The second-order valence-corrected chi connectivity index (χ2v) is 8.58. The van der Waals surface area contributed by atoms with Crippen molar-refractivity contribution in [3.63, 3.8) is 0 Å². The van der Waals surface area contributed by atoms with Gasteiger partial charge in [0.1, 0.15) is 11.3 Å². The molecule has 1 aliphatic rings. The fraction of sp³-hybridized carbons (Fsp3) is 0.100. The molecule has 0 unspecified atom stereocenters. The van der Waals surface area contributed by atoms with Gasteiger partial charge in [-0.25, -0.2) is 9.69 Å². The summed E-state index contributed by atoms with van der Waals surface area (Å²) in [6.45, 7) is 1.24. The maximum atomic E-state index is 13.2. The van der Waals surface area contributed by atoms with E-state index in [0.717, 1.165) is 4.90 Å². The van der Waals surface area contributed by atoms with Crippen LogP contribution in [-0.4, -0.2) is 30.4 Å². The van der Waals surface area contributed by atoms with Gasteiger partial charge in [0.15, 0.2) is 6.61 Å². The largest absolute Gasteiger partial charge is 0.482 e. The number of anilines is 1. The van der Waals surface area contributed by atoms with Gasteiger partial charge in [0.05, 0.1) is 10.2 Å². The standard InChI is InChI=1S/C20H14Br2ClN3O5/c1-9-14(23)3-2-4-15(9)26-19(29)12(18(28)25-20(26)30)6-10-5-11(21)7-13(22)17(10)31-8-16(24)27/h2-7H,8H2,1H3,(H2,24,27)(H,25,28,30)/b12-6-. The van der Waals surface area contributed by atoms with Gasteiger partial charge in [-0.1, -0.05) is 33.6 Å². The molecule has 0 aromatic heterocycles. The average Bonchev–Trinajstić information content (AvgIpc) is 2.67. The second-order valence-electron chi connectivity index (χ2n) is 6.40. The predicted molar refractivity (Wildman–Crippen MR) is 122 cm³/mol. The number of nitrogens with one attached hydrogen (secondary N) is 1. The molecule has 0 saturated carbocycles. The van der Waals surface area contributed by atoms with Crippen LogP contribution in [0.3, 0.4) is 0 Å². The van der Waals surface area contributed by atoms with E-state index in [1.807, 2.05) is 0 Å². The Labute approximate surface area is 198 Å². The van der Waals surface area contributed by atoms with Crippen LogP contribution in [0.4, 0.5) is 10.5 Å². The molecule has 1 fully saturated rings. The van der Waals surface area contributed by atoms with Crippen LogP contribution in [-0.2, 0) is 14.4 Å². The van der Waals surface area contributed by atoms with E-state index in [1.54, 1.807) is 37.3 Å². The Hall–Kier alpha value is -2.69. The molecule has 2 aromatic carbocycles. The maximum absolute atomic E-state index is 13.2. The molecule has 1 aliphatic heterocycles. The van der Waals surface area contributed by atoms with Gasteiger partial charge in [-0.15, -0.1) is 0 Å². The number of barbiturate groups is 1. The van der Waals surface area contributed by atoms with Gasteiger partial charge in [-0.2, -0.15) is 0 Å². The average molecular weight is 572 g/mol. The SMILES string of the molecule is Cc1c(Cl)cccc1N1C(=O)NC(=O)/C(=C/c2cc(Br)cc(Br)c2OCC(N)=O)C1=O. The number of halogens is 3. The van der Waals surface area contributed by atoms with E-state index in [2.05, 4.69) is 37.2 Å². The number of benzene rings is 2. The van der Waals surface area contributed by atoms with Gasteiger partial charge in [-0.05, 0) is 58.8 Å². The lowest BCUT2D eigenvalue weighted by atomic mass is 10.0. The number of rotatable bonds is 5. The first kappa shape index (κ1) is 23.0. The third-order valence-corrected chi connectivity index (χ3v) is 5.73. The van der Waals surface area contributed by atoms with E-state index in [4.69, 9.17) is 22.1 Å². The molecule has 1 heterocycles. The number of hydrogen-bond donors (Lipinski definition) is 2. The van der Waals surface area contributed by atoms with Crippen molar-refractivity contribution in [2.75, 3.05) is 11.5 Å². The summed E-state index contributed by atoms with van der Waals surface area (Å²) in [5, 5.41) is 2.51. The fourth-order valence-electron chi connectivity index (χ4n) is 2.85. The highest BCUT2D eigenvalue weighted by atomic mass is 79.9. The highest BCUT2D eigenvalue weighted by molar-refractivity contribution is 9.11.